The van der Waals surface area contributed by atoms with E-state index in [9.17, 15) is 18.7 Å². The van der Waals surface area contributed by atoms with Crippen molar-refractivity contribution >= 4 is 22.5 Å². The number of β-amino-alcohol motifs (C(OH)–C–C–N with tert-alkyl or cyclic N) is 1. The van der Waals surface area contributed by atoms with Crippen LogP contribution in [0, 0.1) is 5.92 Å². The van der Waals surface area contributed by atoms with Crippen LogP contribution in [0.15, 0.2) is 30.5 Å². The van der Waals surface area contributed by atoms with Crippen LogP contribution >= 0.6 is 0 Å². The molecule has 2 N–H and O–H groups in total. The summed E-state index contributed by atoms with van der Waals surface area (Å²) in [7, 11) is 0. The van der Waals surface area contributed by atoms with Gasteiger partial charge >= 0.3 is 0 Å². The molecule has 3 unspecified atom stereocenters. The van der Waals surface area contributed by atoms with Gasteiger partial charge in [0.05, 0.1) is 17.7 Å². The number of aromatic nitrogens is 1. The second-order valence-electron chi connectivity index (χ2n) is 8.61. The Morgan fingerprint density at radius 1 is 1.23 bits per heavy atom. The van der Waals surface area contributed by atoms with E-state index >= 15 is 0 Å². The van der Waals surface area contributed by atoms with Gasteiger partial charge in [-0.1, -0.05) is 6.92 Å². The van der Waals surface area contributed by atoms with Crippen LogP contribution in [-0.2, 0) is 4.79 Å². The van der Waals surface area contributed by atoms with Gasteiger partial charge in [-0.3, -0.25) is 14.7 Å². The number of aliphatic hydroxyl groups excluding tert-OH is 1. The lowest BCUT2D eigenvalue weighted by Crippen LogP contribution is -2.60. The molecule has 3 heterocycles. The minimum atomic E-state index is -2.58. The Bertz CT molecular complexity index is 919. The maximum Gasteiger partial charge on any atom is 0.265 e. The van der Waals surface area contributed by atoms with Crippen molar-refractivity contribution in [3.05, 3.63) is 36.0 Å². The Morgan fingerprint density at radius 3 is 2.70 bits per heavy atom. The zero-order valence-corrected chi connectivity index (χ0v) is 17.3. The maximum absolute atomic E-state index is 13.4. The Balaban J connectivity index is 1.53. The van der Waals surface area contributed by atoms with E-state index < -0.39 is 6.43 Å². The summed E-state index contributed by atoms with van der Waals surface area (Å²) in [6, 6.07) is 6.47. The van der Waals surface area contributed by atoms with E-state index in [0.29, 0.717) is 36.5 Å². The third-order valence-electron chi connectivity index (χ3n) is 6.18. The number of halogens is 2. The third-order valence-corrected chi connectivity index (χ3v) is 6.18. The van der Waals surface area contributed by atoms with Gasteiger partial charge in [-0.2, -0.15) is 0 Å². The molecule has 2 aliphatic heterocycles. The normalized spacial score (nSPS) is 24.1. The number of piperidine rings is 1. The number of carbonyl (C=O) groups is 1. The van der Waals surface area contributed by atoms with E-state index in [1.807, 2.05) is 17.9 Å². The van der Waals surface area contributed by atoms with Gasteiger partial charge in [-0.05, 0) is 43.5 Å². The number of fused-ring (bicyclic) bond motifs is 1. The van der Waals surface area contributed by atoms with Crippen LogP contribution in [-0.4, -0.2) is 65.3 Å². The van der Waals surface area contributed by atoms with Crippen molar-refractivity contribution in [2.75, 3.05) is 31.1 Å². The third kappa shape index (κ3) is 4.11. The van der Waals surface area contributed by atoms with Crippen LogP contribution in [0.2, 0.25) is 0 Å². The Labute approximate surface area is 174 Å². The van der Waals surface area contributed by atoms with Gasteiger partial charge in [0.25, 0.3) is 6.43 Å². The Morgan fingerprint density at radius 2 is 2.00 bits per heavy atom. The molecule has 0 spiro atoms. The molecule has 2 aromatic rings. The van der Waals surface area contributed by atoms with Crippen LogP contribution in [0.3, 0.4) is 0 Å². The zero-order chi connectivity index (χ0) is 21.4. The van der Waals surface area contributed by atoms with Crippen LogP contribution in [0.25, 0.3) is 10.9 Å². The highest BCUT2D eigenvalue weighted by Crippen LogP contribution is 2.34. The molecule has 162 valence electrons. The van der Waals surface area contributed by atoms with Crippen LogP contribution in [0.5, 0.6) is 0 Å². The van der Waals surface area contributed by atoms with Crippen molar-refractivity contribution in [2.24, 2.45) is 5.92 Å². The molecule has 0 saturated carbocycles. The minimum Gasteiger partial charge on any atom is -0.390 e. The highest BCUT2D eigenvalue weighted by molar-refractivity contribution is 5.94. The number of hydrogen-bond acceptors (Lipinski definition) is 5. The standard InChI is InChI=1S/C22H28F2N4O2/c1-13-8-15(26-22(30)14(2)27-11-16(29)12-27)10-28(9-13)19-6-5-18(21(23)24)20-17(19)4-3-7-25-20/h3-7,13-16,21,29H,8-12H2,1-2H3,(H,26,30). The summed E-state index contributed by atoms with van der Waals surface area (Å²) in [4.78, 5) is 21.0. The van der Waals surface area contributed by atoms with Crippen molar-refractivity contribution in [3.63, 3.8) is 0 Å². The number of anilines is 1. The maximum atomic E-state index is 13.4. The molecule has 6 nitrogen and oxygen atoms in total. The van der Waals surface area contributed by atoms with E-state index in [1.54, 1.807) is 12.1 Å². The number of nitrogens with one attached hydrogen (secondary N) is 1. The van der Waals surface area contributed by atoms with E-state index in [4.69, 9.17) is 0 Å². The first-order valence-electron chi connectivity index (χ1n) is 10.5. The highest BCUT2D eigenvalue weighted by Gasteiger charge is 2.34. The molecule has 2 fully saturated rings. The first-order chi connectivity index (χ1) is 14.3. The first-order valence-corrected chi connectivity index (χ1v) is 10.5. The lowest BCUT2D eigenvalue weighted by molar-refractivity contribution is -0.131. The van der Waals surface area contributed by atoms with Gasteiger partial charge in [-0.15, -0.1) is 0 Å². The van der Waals surface area contributed by atoms with Gasteiger partial charge in [0, 0.05) is 55.1 Å². The van der Waals surface area contributed by atoms with Gasteiger partial charge in [0.2, 0.25) is 5.91 Å². The lowest BCUT2D eigenvalue weighted by atomic mass is 9.94. The lowest BCUT2D eigenvalue weighted by Gasteiger charge is -2.42. The molecule has 1 aromatic heterocycles. The molecule has 2 aliphatic rings. The summed E-state index contributed by atoms with van der Waals surface area (Å²) in [5.74, 6) is 0.298. The van der Waals surface area contributed by atoms with E-state index in [2.05, 4.69) is 22.1 Å². The molecule has 3 atom stereocenters. The smallest absolute Gasteiger partial charge is 0.265 e. The molecule has 8 heteroatoms. The number of carbonyl (C=O) groups excluding carboxylic acids is 1. The average Bonchev–Trinajstić information content (AvgIpc) is 2.69. The summed E-state index contributed by atoms with van der Waals surface area (Å²) in [5.41, 5.74) is 1.14. The molecule has 1 aromatic carbocycles. The van der Waals surface area contributed by atoms with Gasteiger partial charge in [0.15, 0.2) is 0 Å². The van der Waals surface area contributed by atoms with Gasteiger partial charge < -0.3 is 15.3 Å². The number of likely N-dealkylation sites (tertiary alicyclic amines) is 1. The predicted molar refractivity (Wildman–Crippen MR) is 112 cm³/mol. The van der Waals surface area contributed by atoms with E-state index in [0.717, 1.165) is 18.7 Å². The fourth-order valence-electron chi connectivity index (χ4n) is 4.58. The van der Waals surface area contributed by atoms with Crippen LogP contribution in [0.1, 0.15) is 32.3 Å². The second-order valence-corrected chi connectivity index (χ2v) is 8.61. The summed E-state index contributed by atoms with van der Waals surface area (Å²) < 4.78 is 26.8. The molecule has 0 radical (unpaired) electrons. The number of pyridine rings is 1. The number of benzene rings is 1. The fraction of sp³-hybridized carbons (Fsp3) is 0.545. The van der Waals surface area contributed by atoms with Crippen molar-refractivity contribution in [3.8, 4) is 0 Å². The largest absolute Gasteiger partial charge is 0.390 e. The molecule has 2 saturated heterocycles. The number of aliphatic hydroxyl groups is 1. The SMILES string of the molecule is CC1CC(NC(=O)C(C)N2CC(O)C2)CN(c2ccc(C(F)F)c3ncccc23)C1. The summed E-state index contributed by atoms with van der Waals surface area (Å²) in [6.07, 6.45) is -0.523. The summed E-state index contributed by atoms with van der Waals surface area (Å²) in [5, 5.41) is 13.3. The number of hydrogen-bond donors (Lipinski definition) is 2. The Kier molecular flexibility index (Phi) is 5.88. The molecule has 30 heavy (non-hydrogen) atoms. The second kappa shape index (κ2) is 8.43. The molecule has 0 bridgehead atoms. The Hall–Kier alpha value is -2.32. The highest BCUT2D eigenvalue weighted by atomic mass is 19.3. The predicted octanol–water partition coefficient (Wildman–Crippen LogP) is 2.57. The van der Waals surface area contributed by atoms with E-state index in [1.165, 1.54) is 12.3 Å². The van der Waals surface area contributed by atoms with Crippen molar-refractivity contribution in [1.29, 1.82) is 0 Å². The number of amides is 1. The number of rotatable bonds is 5. The number of nitrogens with zero attached hydrogens (tertiary/aromatic N) is 3. The molecule has 4 rings (SSSR count). The molecule has 1 amide bonds. The fourth-order valence-corrected chi connectivity index (χ4v) is 4.58. The molecule has 0 aliphatic carbocycles. The average molecular weight is 418 g/mol. The van der Waals surface area contributed by atoms with Crippen LogP contribution in [0.4, 0.5) is 14.5 Å². The van der Waals surface area contributed by atoms with Crippen molar-refractivity contribution in [1.82, 2.24) is 15.2 Å². The van der Waals surface area contributed by atoms with E-state index in [-0.39, 0.29) is 29.7 Å². The number of alkyl halides is 2. The first kappa shape index (κ1) is 20.9. The molecular formula is C22H28F2N4O2. The zero-order valence-electron chi connectivity index (χ0n) is 17.3. The van der Waals surface area contributed by atoms with Crippen molar-refractivity contribution in [2.45, 2.75) is 44.9 Å². The summed E-state index contributed by atoms with van der Waals surface area (Å²) in [6.45, 7) is 6.44. The van der Waals surface area contributed by atoms with Gasteiger partial charge in [0.1, 0.15) is 0 Å². The summed E-state index contributed by atoms with van der Waals surface area (Å²) >= 11 is 0. The van der Waals surface area contributed by atoms with Crippen molar-refractivity contribution < 1.29 is 18.7 Å². The topological polar surface area (TPSA) is 68.7 Å². The van der Waals surface area contributed by atoms with Crippen LogP contribution < -0.4 is 10.2 Å². The monoisotopic (exact) mass is 418 g/mol. The quantitative estimate of drug-likeness (QED) is 0.781. The molecular weight excluding hydrogens is 390 g/mol. The van der Waals surface area contributed by atoms with Gasteiger partial charge in [-0.25, -0.2) is 8.78 Å². The minimum absolute atomic E-state index is 0.0311.